The summed E-state index contributed by atoms with van der Waals surface area (Å²) >= 11 is 0. The number of hydrogen-bond acceptors (Lipinski definition) is 3. The third-order valence-electron chi connectivity index (χ3n) is 5.30. The molecule has 0 aliphatic carbocycles. The van der Waals surface area contributed by atoms with E-state index in [4.69, 9.17) is 0 Å². The zero-order valence-electron chi connectivity index (χ0n) is 28.5. The van der Waals surface area contributed by atoms with Crippen molar-refractivity contribution in [3.8, 4) is 0 Å². The zero-order chi connectivity index (χ0) is 33.6. The Labute approximate surface area is 267 Å². The lowest BCUT2D eigenvalue weighted by Gasteiger charge is -2.00. The fourth-order valence-electron chi connectivity index (χ4n) is 3.66. The lowest BCUT2D eigenvalue weighted by molar-refractivity contribution is -0.117. The van der Waals surface area contributed by atoms with Crippen LogP contribution in [0.25, 0.3) is 10.8 Å². The topological polar surface area (TPSA) is 51.2 Å². The number of rotatable bonds is 6. The van der Waals surface area contributed by atoms with Crippen LogP contribution in [0.4, 0.5) is 0 Å². The Hall–Kier alpha value is -4.37. The van der Waals surface area contributed by atoms with Gasteiger partial charge in [0.25, 0.3) is 0 Å². The number of hydrogen-bond donors (Lipinski definition) is 0. The van der Waals surface area contributed by atoms with E-state index in [0.29, 0.717) is 19.3 Å². The van der Waals surface area contributed by atoms with E-state index < -0.39 is 0 Å². The molecule has 4 rings (SSSR count). The second-order valence-corrected chi connectivity index (χ2v) is 9.06. The molecule has 0 aliphatic rings. The minimum absolute atomic E-state index is 0.186. The molecule has 4 aromatic rings. The van der Waals surface area contributed by atoms with Gasteiger partial charge in [0, 0.05) is 19.3 Å². The molecule has 0 radical (unpaired) electrons. The van der Waals surface area contributed by atoms with Gasteiger partial charge in [-0.05, 0) is 48.2 Å². The normalized spacial score (nSPS) is 8.66. The van der Waals surface area contributed by atoms with E-state index in [1.165, 1.54) is 10.8 Å². The van der Waals surface area contributed by atoms with Gasteiger partial charge in [-0.1, -0.05) is 169 Å². The summed E-state index contributed by atoms with van der Waals surface area (Å²) in [4.78, 5) is 32.5. The standard InChI is InChI=1S/C13H12O.C13H14O.C9H10O.3C2H6/c1-10(14)8-11-6-7-12-4-2-3-5-13(12)9-11;1-12(14)11-13-9-7-5-3-2-4-6-8-10-13;1-8(10)7-9-5-3-2-4-6-9;3*1-2/h2-7,9H,8H2,1H3;2-10H,11H2,1H3;2-6H,7H2,1H3;3*1-2H3. The van der Waals surface area contributed by atoms with Crippen LogP contribution < -0.4 is 0 Å². The molecule has 0 amide bonds. The second kappa shape index (κ2) is 28.7. The second-order valence-electron chi connectivity index (χ2n) is 9.06. The molecule has 0 fully saturated rings. The molecule has 3 heteroatoms. The van der Waals surface area contributed by atoms with Gasteiger partial charge in [-0.25, -0.2) is 0 Å². The van der Waals surface area contributed by atoms with E-state index >= 15 is 0 Å². The number of carbonyl (C=O) groups is 3. The van der Waals surface area contributed by atoms with E-state index in [1.807, 2.05) is 145 Å². The highest BCUT2D eigenvalue weighted by Crippen LogP contribution is 2.15. The van der Waals surface area contributed by atoms with Crippen molar-refractivity contribution >= 4 is 28.1 Å². The summed E-state index contributed by atoms with van der Waals surface area (Å²) in [7, 11) is 0. The molecule has 0 aliphatic heterocycles. The molecule has 0 unspecified atom stereocenters. The Balaban J connectivity index is 0. The van der Waals surface area contributed by atoms with Gasteiger partial charge in [-0.2, -0.15) is 0 Å². The van der Waals surface area contributed by atoms with Gasteiger partial charge >= 0.3 is 0 Å². The summed E-state index contributed by atoms with van der Waals surface area (Å²) in [5.41, 5.74) is 3.22. The third kappa shape index (κ3) is 22.3. The van der Waals surface area contributed by atoms with Crippen molar-refractivity contribution in [2.24, 2.45) is 0 Å². The van der Waals surface area contributed by atoms with Crippen LogP contribution in [-0.2, 0) is 33.6 Å². The fourth-order valence-corrected chi connectivity index (χ4v) is 3.66. The predicted molar refractivity (Wildman–Crippen MR) is 192 cm³/mol. The fraction of sp³-hybridized carbons (Fsp3) is 0.293. The molecular weight excluding hydrogens is 540 g/mol. The number of fused-ring (bicyclic) bond motifs is 1. The molecule has 0 heterocycles. The van der Waals surface area contributed by atoms with Crippen LogP contribution in [0.5, 0.6) is 0 Å². The van der Waals surface area contributed by atoms with Crippen LogP contribution in [-0.4, -0.2) is 17.3 Å². The number of benzene rings is 3. The van der Waals surface area contributed by atoms with Gasteiger partial charge in [0.1, 0.15) is 17.3 Å². The Morgan fingerprint density at radius 1 is 0.364 bits per heavy atom. The summed E-state index contributed by atoms with van der Waals surface area (Å²) in [5, 5.41) is 2.42. The summed E-state index contributed by atoms with van der Waals surface area (Å²) in [6, 6.07) is 41.7. The molecule has 4 aromatic carbocycles. The van der Waals surface area contributed by atoms with Crippen LogP contribution in [0.15, 0.2) is 127 Å². The van der Waals surface area contributed by atoms with Crippen LogP contribution in [0.3, 0.4) is 0 Å². The predicted octanol–water partition coefficient (Wildman–Crippen LogP) is 10.8. The van der Waals surface area contributed by atoms with Crippen LogP contribution in [0.2, 0.25) is 0 Å². The first-order chi connectivity index (χ1) is 21.3. The number of carbonyl (C=O) groups excluding carboxylic acids is 3. The lowest BCUT2D eigenvalue weighted by atomic mass is 10.0. The van der Waals surface area contributed by atoms with Gasteiger partial charge in [0.05, 0.1) is 0 Å². The minimum atomic E-state index is 0.186. The molecule has 0 saturated carbocycles. The Morgan fingerprint density at radius 3 is 1.05 bits per heavy atom. The zero-order valence-corrected chi connectivity index (χ0v) is 28.5. The van der Waals surface area contributed by atoms with Crippen LogP contribution in [0, 0.1) is 0 Å². The van der Waals surface area contributed by atoms with Crippen molar-refractivity contribution < 1.29 is 14.4 Å². The van der Waals surface area contributed by atoms with E-state index in [1.54, 1.807) is 20.8 Å². The molecule has 0 spiro atoms. The van der Waals surface area contributed by atoms with Gasteiger partial charge in [-0.15, -0.1) is 0 Å². The average Bonchev–Trinajstić information content (AvgIpc) is 3.03. The first-order valence-corrected chi connectivity index (χ1v) is 15.7. The maximum Gasteiger partial charge on any atom is 0.134 e. The van der Waals surface area contributed by atoms with E-state index in [9.17, 15) is 14.4 Å². The maximum atomic E-state index is 10.9. The first kappa shape index (κ1) is 41.8. The molecule has 44 heavy (non-hydrogen) atoms. The van der Waals surface area contributed by atoms with Crippen molar-refractivity contribution in [3.05, 3.63) is 144 Å². The molecule has 3 nitrogen and oxygen atoms in total. The molecule has 0 saturated heterocycles. The Kier molecular flexibility index (Phi) is 27.3. The highest BCUT2D eigenvalue weighted by Gasteiger charge is 1.99. The highest BCUT2D eigenvalue weighted by molar-refractivity contribution is 5.85. The molecule has 0 bridgehead atoms. The molecule has 0 atom stereocenters. The van der Waals surface area contributed by atoms with Crippen molar-refractivity contribution in [3.63, 3.8) is 0 Å². The van der Waals surface area contributed by atoms with E-state index in [0.717, 1.165) is 16.7 Å². The van der Waals surface area contributed by atoms with Crippen LogP contribution >= 0.6 is 0 Å². The summed E-state index contributed by atoms with van der Waals surface area (Å²) in [6.07, 6.45) is 1.59. The van der Waals surface area contributed by atoms with E-state index in [-0.39, 0.29) is 17.3 Å². The van der Waals surface area contributed by atoms with Gasteiger partial charge in [0.15, 0.2) is 0 Å². The summed E-state index contributed by atoms with van der Waals surface area (Å²) < 4.78 is 0. The van der Waals surface area contributed by atoms with Crippen molar-refractivity contribution in [2.75, 3.05) is 0 Å². The minimum Gasteiger partial charge on any atom is -0.300 e. The largest absolute Gasteiger partial charge is 0.300 e. The van der Waals surface area contributed by atoms with Gasteiger partial charge in [0.2, 0.25) is 0 Å². The monoisotopic (exact) mass is 594 g/mol. The summed E-state index contributed by atoms with van der Waals surface area (Å²) in [6.45, 7) is 16.8. The number of ketones is 3. The highest BCUT2D eigenvalue weighted by atomic mass is 16.1. The Bertz CT molecular complexity index is 1330. The number of Topliss-reactive ketones (excluding diaryl/α,β-unsaturated/α-hetero) is 3. The summed E-state index contributed by atoms with van der Waals surface area (Å²) in [5.74, 6) is 0.609. The van der Waals surface area contributed by atoms with Crippen LogP contribution in [0.1, 0.15) is 79.0 Å². The van der Waals surface area contributed by atoms with Crippen molar-refractivity contribution in [1.29, 1.82) is 0 Å². The third-order valence-corrected chi connectivity index (χ3v) is 5.30. The quantitative estimate of drug-likeness (QED) is 0.223. The SMILES string of the molecule is CC.CC.CC.CC(=O)Cc1ccc2ccccc2c1.CC(=O)Cc1ccccc1.CC(=O)Cc1ccccccccc1. The molecule has 0 N–H and O–H groups in total. The van der Waals surface area contributed by atoms with Gasteiger partial charge in [-0.3, -0.25) is 14.4 Å². The van der Waals surface area contributed by atoms with E-state index in [2.05, 4.69) is 24.3 Å². The molecular formula is C41H54O3. The molecule has 236 valence electrons. The smallest absolute Gasteiger partial charge is 0.134 e. The lowest BCUT2D eigenvalue weighted by Crippen LogP contribution is -1.95. The Morgan fingerprint density at radius 2 is 0.659 bits per heavy atom. The van der Waals surface area contributed by atoms with Crippen molar-refractivity contribution in [2.45, 2.75) is 81.6 Å². The maximum absolute atomic E-state index is 10.9. The average molecular weight is 595 g/mol. The van der Waals surface area contributed by atoms with Gasteiger partial charge < -0.3 is 0 Å². The first-order valence-electron chi connectivity index (χ1n) is 15.7. The van der Waals surface area contributed by atoms with Crippen molar-refractivity contribution in [1.82, 2.24) is 0 Å². The molecule has 0 aromatic heterocycles.